The van der Waals surface area contributed by atoms with E-state index in [1.54, 1.807) is 12.1 Å². The third kappa shape index (κ3) is 7.33. The summed E-state index contributed by atoms with van der Waals surface area (Å²) in [5.41, 5.74) is 0.767. The van der Waals surface area contributed by atoms with Gasteiger partial charge >= 0.3 is 0 Å². The molecule has 0 radical (unpaired) electrons. The van der Waals surface area contributed by atoms with Gasteiger partial charge in [0.15, 0.2) is 0 Å². The van der Waals surface area contributed by atoms with Crippen molar-refractivity contribution in [1.82, 2.24) is 19.6 Å². The number of hydrogen-bond donors (Lipinski definition) is 0. The van der Waals surface area contributed by atoms with E-state index in [0.717, 1.165) is 64.2 Å². The Morgan fingerprint density at radius 2 is 1.77 bits per heavy atom. The smallest absolute Gasteiger partial charge is 0.236 e. The van der Waals surface area contributed by atoms with E-state index in [-0.39, 0.29) is 11.7 Å². The first-order chi connectivity index (χ1) is 14.5. The highest BCUT2D eigenvalue weighted by Gasteiger charge is 2.26. The van der Waals surface area contributed by atoms with Crippen molar-refractivity contribution in [2.75, 3.05) is 66.5 Å². The Morgan fingerprint density at radius 1 is 1.03 bits per heavy atom. The first-order valence-electron chi connectivity index (χ1n) is 11.6. The average Bonchev–Trinajstić information content (AvgIpc) is 2.73. The number of amides is 1. The topological polar surface area (TPSA) is 30.0 Å². The van der Waals surface area contributed by atoms with Gasteiger partial charge < -0.3 is 9.80 Å². The Balaban J connectivity index is 1.56. The number of piperidine rings is 2. The zero-order valence-corrected chi connectivity index (χ0v) is 18.9. The van der Waals surface area contributed by atoms with E-state index in [9.17, 15) is 9.18 Å². The lowest BCUT2D eigenvalue weighted by Gasteiger charge is -2.37. The highest BCUT2D eigenvalue weighted by Crippen LogP contribution is 2.21. The van der Waals surface area contributed by atoms with Crippen LogP contribution in [-0.4, -0.2) is 92.0 Å². The number of benzene rings is 1. The molecule has 2 aliphatic heterocycles. The molecule has 2 aliphatic rings. The molecule has 0 N–H and O–H groups in total. The predicted molar refractivity (Wildman–Crippen MR) is 120 cm³/mol. The van der Waals surface area contributed by atoms with Gasteiger partial charge in [0.2, 0.25) is 5.91 Å². The largest absolute Gasteiger partial charge is 0.340 e. The van der Waals surface area contributed by atoms with Crippen LogP contribution >= 0.6 is 0 Å². The molecule has 0 aromatic heterocycles. The molecule has 5 nitrogen and oxygen atoms in total. The summed E-state index contributed by atoms with van der Waals surface area (Å²) in [5.74, 6) is 0.604. The van der Waals surface area contributed by atoms with Crippen molar-refractivity contribution in [3.8, 4) is 0 Å². The van der Waals surface area contributed by atoms with E-state index in [1.807, 2.05) is 12.1 Å². The second kappa shape index (κ2) is 11.8. The molecule has 1 aromatic rings. The molecule has 2 heterocycles. The Labute approximate surface area is 181 Å². The van der Waals surface area contributed by atoms with E-state index in [1.165, 1.54) is 19.3 Å². The SMILES string of the molecule is CN(C)CCN(CC1CCCN(Cc2ccccc2F)C1)C(=O)CN1CCCCC1. The fourth-order valence-corrected chi connectivity index (χ4v) is 4.67. The molecule has 0 aliphatic carbocycles. The van der Waals surface area contributed by atoms with Crippen LogP contribution in [0.2, 0.25) is 0 Å². The van der Waals surface area contributed by atoms with Crippen molar-refractivity contribution in [3.63, 3.8) is 0 Å². The van der Waals surface area contributed by atoms with Gasteiger partial charge in [0.1, 0.15) is 5.82 Å². The summed E-state index contributed by atoms with van der Waals surface area (Å²) in [6.07, 6.45) is 5.95. The molecule has 6 heteroatoms. The number of likely N-dealkylation sites (N-methyl/N-ethyl adjacent to an activating group) is 1. The molecule has 2 fully saturated rings. The molecule has 2 saturated heterocycles. The van der Waals surface area contributed by atoms with Crippen LogP contribution in [0.15, 0.2) is 24.3 Å². The first-order valence-corrected chi connectivity index (χ1v) is 11.6. The zero-order chi connectivity index (χ0) is 21.3. The van der Waals surface area contributed by atoms with Crippen molar-refractivity contribution in [2.24, 2.45) is 5.92 Å². The summed E-state index contributed by atoms with van der Waals surface area (Å²) in [7, 11) is 4.12. The molecular weight excluding hydrogens is 379 g/mol. The monoisotopic (exact) mass is 418 g/mol. The van der Waals surface area contributed by atoms with Gasteiger partial charge in [-0.1, -0.05) is 24.6 Å². The maximum atomic E-state index is 14.1. The Bertz CT molecular complexity index is 662. The minimum Gasteiger partial charge on any atom is -0.340 e. The van der Waals surface area contributed by atoms with Crippen LogP contribution in [0.4, 0.5) is 4.39 Å². The minimum atomic E-state index is -0.121. The lowest BCUT2D eigenvalue weighted by atomic mass is 9.96. The van der Waals surface area contributed by atoms with Gasteiger partial charge in [-0.25, -0.2) is 4.39 Å². The van der Waals surface area contributed by atoms with Crippen molar-refractivity contribution in [3.05, 3.63) is 35.6 Å². The number of carbonyl (C=O) groups excluding carboxylic acids is 1. The second-order valence-corrected chi connectivity index (χ2v) is 9.31. The van der Waals surface area contributed by atoms with Gasteiger partial charge in [0, 0.05) is 38.3 Å². The van der Waals surface area contributed by atoms with Crippen molar-refractivity contribution in [2.45, 2.75) is 38.6 Å². The Hall–Kier alpha value is -1.50. The van der Waals surface area contributed by atoms with Crippen LogP contribution in [0.3, 0.4) is 0 Å². The molecule has 168 valence electrons. The van der Waals surface area contributed by atoms with Gasteiger partial charge in [-0.2, -0.15) is 0 Å². The summed E-state index contributed by atoms with van der Waals surface area (Å²) >= 11 is 0. The van der Waals surface area contributed by atoms with Crippen molar-refractivity contribution in [1.29, 1.82) is 0 Å². The number of carbonyl (C=O) groups is 1. The van der Waals surface area contributed by atoms with Crippen LogP contribution in [0.1, 0.15) is 37.7 Å². The van der Waals surface area contributed by atoms with Gasteiger partial charge in [-0.15, -0.1) is 0 Å². The molecule has 0 spiro atoms. The van der Waals surface area contributed by atoms with Crippen LogP contribution in [-0.2, 0) is 11.3 Å². The molecular formula is C24H39FN4O. The molecule has 0 bridgehead atoms. The summed E-state index contributed by atoms with van der Waals surface area (Å²) in [4.78, 5) is 22.0. The van der Waals surface area contributed by atoms with Gasteiger partial charge in [-0.05, 0) is 71.4 Å². The van der Waals surface area contributed by atoms with Crippen molar-refractivity contribution >= 4 is 5.91 Å². The lowest BCUT2D eigenvalue weighted by Crippen LogP contribution is -2.48. The number of halogens is 1. The lowest BCUT2D eigenvalue weighted by molar-refractivity contribution is -0.133. The number of nitrogens with zero attached hydrogens (tertiary/aromatic N) is 4. The van der Waals surface area contributed by atoms with E-state index in [2.05, 4.69) is 33.7 Å². The third-order valence-electron chi connectivity index (χ3n) is 6.41. The fourth-order valence-electron chi connectivity index (χ4n) is 4.67. The normalized spacial score (nSPS) is 21.1. The molecule has 1 atom stereocenters. The molecule has 1 aromatic carbocycles. The number of rotatable bonds is 9. The molecule has 3 rings (SSSR count). The van der Waals surface area contributed by atoms with Crippen LogP contribution < -0.4 is 0 Å². The zero-order valence-electron chi connectivity index (χ0n) is 18.9. The van der Waals surface area contributed by atoms with E-state index in [4.69, 9.17) is 0 Å². The quantitative estimate of drug-likeness (QED) is 0.617. The summed E-state index contributed by atoms with van der Waals surface area (Å²) in [5, 5.41) is 0. The van der Waals surface area contributed by atoms with E-state index >= 15 is 0 Å². The second-order valence-electron chi connectivity index (χ2n) is 9.31. The highest BCUT2D eigenvalue weighted by atomic mass is 19.1. The number of hydrogen-bond acceptors (Lipinski definition) is 4. The van der Waals surface area contributed by atoms with Crippen LogP contribution in [0.25, 0.3) is 0 Å². The third-order valence-corrected chi connectivity index (χ3v) is 6.41. The van der Waals surface area contributed by atoms with E-state index < -0.39 is 0 Å². The molecule has 0 saturated carbocycles. The predicted octanol–water partition coefficient (Wildman–Crippen LogP) is 2.91. The highest BCUT2D eigenvalue weighted by molar-refractivity contribution is 5.78. The standard InChI is InChI=1S/C24H39FN4O/c1-26(2)15-16-29(24(30)20-27-12-6-3-7-13-27)18-21-9-8-14-28(17-21)19-22-10-4-5-11-23(22)25/h4-5,10-11,21H,3,6-9,12-20H2,1-2H3. The molecule has 1 unspecified atom stereocenters. The molecule has 1 amide bonds. The van der Waals surface area contributed by atoms with Gasteiger partial charge in [0.05, 0.1) is 6.54 Å². The van der Waals surface area contributed by atoms with Gasteiger partial charge in [-0.3, -0.25) is 14.6 Å². The maximum Gasteiger partial charge on any atom is 0.236 e. The minimum absolute atomic E-state index is 0.121. The average molecular weight is 419 g/mol. The summed E-state index contributed by atoms with van der Waals surface area (Å²) in [6.45, 7) is 7.73. The summed E-state index contributed by atoms with van der Waals surface area (Å²) in [6, 6.07) is 7.07. The van der Waals surface area contributed by atoms with Crippen LogP contribution in [0, 0.1) is 11.7 Å². The fraction of sp³-hybridized carbons (Fsp3) is 0.708. The Kier molecular flexibility index (Phi) is 9.09. The first kappa shape index (κ1) is 23.2. The van der Waals surface area contributed by atoms with Crippen LogP contribution in [0.5, 0.6) is 0 Å². The Morgan fingerprint density at radius 3 is 2.50 bits per heavy atom. The van der Waals surface area contributed by atoms with E-state index in [0.29, 0.717) is 19.0 Å². The maximum absolute atomic E-state index is 14.1. The molecule has 30 heavy (non-hydrogen) atoms. The number of likely N-dealkylation sites (tertiary alicyclic amines) is 2. The summed E-state index contributed by atoms with van der Waals surface area (Å²) < 4.78 is 14.1. The van der Waals surface area contributed by atoms with Crippen molar-refractivity contribution < 1.29 is 9.18 Å². The van der Waals surface area contributed by atoms with Gasteiger partial charge in [0.25, 0.3) is 0 Å².